The van der Waals surface area contributed by atoms with Crippen LogP contribution in [0.5, 0.6) is 0 Å². The molecule has 25 heavy (non-hydrogen) atoms. The van der Waals surface area contributed by atoms with E-state index in [1.165, 1.54) is 12.1 Å². The second kappa shape index (κ2) is 8.15. The number of benzene rings is 2. The largest absolute Gasteiger partial charge is 0.382 e. The second-order valence-electron chi connectivity index (χ2n) is 6.85. The summed E-state index contributed by atoms with van der Waals surface area (Å²) in [6.45, 7) is 3.48. The lowest BCUT2D eigenvalue weighted by Crippen LogP contribution is -2.44. The molecule has 4 heteroatoms. The number of nitrogens with zero attached hydrogens (tertiary/aromatic N) is 1. The van der Waals surface area contributed by atoms with Crippen LogP contribution in [0, 0.1) is 11.7 Å². The standard InChI is InChI=1S/C21H25FN2O/c1-16(14-17-6-5-7-18(22)15-17)21(25)24-12-10-20(11-13-24)23-19-8-3-2-4-9-19/h2-9,15-16,20,23H,10-14H2,1H3. The van der Waals surface area contributed by atoms with Crippen LogP contribution < -0.4 is 5.32 Å². The Hall–Kier alpha value is -2.36. The minimum atomic E-state index is -0.245. The molecule has 1 aliphatic heterocycles. The Bertz CT molecular complexity index is 696. The lowest BCUT2D eigenvalue weighted by atomic mass is 9.97. The lowest BCUT2D eigenvalue weighted by Gasteiger charge is -2.34. The Morgan fingerprint density at radius 3 is 2.56 bits per heavy atom. The zero-order valence-electron chi connectivity index (χ0n) is 14.6. The molecule has 1 fully saturated rings. The van der Waals surface area contributed by atoms with E-state index in [0.29, 0.717) is 12.5 Å². The Labute approximate surface area is 148 Å². The number of likely N-dealkylation sites (tertiary alicyclic amines) is 1. The van der Waals surface area contributed by atoms with Crippen LogP contribution in [0.25, 0.3) is 0 Å². The number of hydrogen-bond acceptors (Lipinski definition) is 2. The molecule has 0 spiro atoms. The second-order valence-corrected chi connectivity index (χ2v) is 6.85. The molecule has 1 heterocycles. The molecule has 2 aromatic rings. The normalized spacial score (nSPS) is 16.5. The van der Waals surface area contributed by atoms with Crippen LogP contribution in [0.15, 0.2) is 54.6 Å². The van der Waals surface area contributed by atoms with Gasteiger partial charge in [0.25, 0.3) is 0 Å². The van der Waals surface area contributed by atoms with E-state index in [2.05, 4.69) is 17.4 Å². The first-order valence-electron chi connectivity index (χ1n) is 8.96. The molecule has 1 saturated heterocycles. The van der Waals surface area contributed by atoms with Gasteiger partial charge in [0.15, 0.2) is 0 Å². The van der Waals surface area contributed by atoms with Crippen molar-refractivity contribution in [2.24, 2.45) is 5.92 Å². The molecule has 1 aliphatic rings. The van der Waals surface area contributed by atoms with Gasteiger partial charge in [0.1, 0.15) is 5.82 Å². The molecule has 0 bridgehead atoms. The summed E-state index contributed by atoms with van der Waals surface area (Å²) in [5.41, 5.74) is 2.01. The number of nitrogens with one attached hydrogen (secondary N) is 1. The predicted molar refractivity (Wildman–Crippen MR) is 98.9 cm³/mol. The summed E-state index contributed by atoms with van der Waals surface area (Å²) in [4.78, 5) is 14.6. The number of carbonyl (C=O) groups excluding carboxylic acids is 1. The molecular formula is C21H25FN2O. The molecule has 2 aromatic carbocycles. The summed E-state index contributed by atoms with van der Waals surface area (Å²) in [6.07, 6.45) is 2.49. The van der Waals surface area contributed by atoms with Gasteiger partial charge in [-0.25, -0.2) is 4.39 Å². The predicted octanol–water partition coefficient (Wildman–Crippen LogP) is 4.11. The van der Waals surface area contributed by atoms with Gasteiger partial charge in [-0.3, -0.25) is 4.79 Å². The first kappa shape index (κ1) is 17.5. The van der Waals surface area contributed by atoms with Gasteiger partial charge in [-0.1, -0.05) is 37.3 Å². The zero-order chi connectivity index (χ0) is 17.6. The Balaban J connectivity index is 1.49. The quantitative estimate of drug-likeness (QED) is 0.888. The highest BCUT2D eigenvalue weighted by atomic mass is 19.1. The highest BCUT2D eigenvalue weighted by Gasteiger charge is 2.26. The molecule has 3 rings (SSSR count). The van der Waals surface area contributed by atoms with Crippen LogP contribution >= 0.6 is 0 Å². The number of para-hydroxylation sites is 1. The van der Waals surface area contributed by atoms with Gasteiger partial charge in [-0.05, 0) is 49.1 Å². The number of amides is 1. The van der Waals surface area contributed by atoms with Crippen LogP contribution in [0.2, 0.25) is 0 Å². The van der Waals surface area contributed by atoms with Crippen LogP contribution in [-0.2, 0) is 11.2 Å². The molecule has 3 nitrogen and oxygen atoms in total. The van der Waals surface area contributed by atoms with Crippen LogP contribution in [0.4, 0.5) is 10.1 Å². The summed E-state index contributed by atoms with van der Waals surface area (Å²) < 4.78 is 13.3. The van der Waals surface area contributed by atoms with E-state index in [9.17, 15) is 9.18 Å². The molecule has 0 radical (unpaired) electrons. The van der Waals surface area contributed by atoms with Crippen molar-refractivity contribution >= 4 is 11.6 Å². The summed E-state index contributed by atoms with van der Waals surface area (Å²) in [7, 11) is 0. The van der Waals surface area contributed by atoms with E-state index >= 15 is 0 Å². The number of carbonyl (C=O) groups is 1. The monoisotopic (exact) mass is 340 g/mol. The maximum Gasteiger partial charge on any atom is 0.225 e. The van der Waals surface area contributed by atoms with Gasteiger partial charge < -0.3 is 10.2 Å². The Kier molecular flexibility index (Phi) is 5.69. The first-order valence-corrected chi connectivity index (χ1v) is 8.96. The van der Waals surface area contributed by atoms with Crippen molar-refractivity contribution in [2.75, 3.05) is 18.4 Å². The Morgan fingerprint density at radius 1 is 1.16 bits per heavy atom. The van der Waals surface area contributed by atoms with Gasteiger partial charge >= 0.3 is 0 Å². The van der Waals surface area contributed by atoms with Crippen molar-refractivity contribution in [3.8, 4) is 0 Å². The van der Waals surface area contributed by atoms with Crippen LogP contribution in [0.3, 0.4) is 0 Å². The van der Waals surface area contributed by atoms with E-state index in [4.69, 9.17) is 0 Å². The minimum Gasteiger partial charge on any atom is -0.382 e. The number of hydrogen-bond donors (Lipinski definition) is 1. The maximum atomic E-state index is 13.3. The fourth-order valence-corrected chi connectivity index (χ4v) is 3.43. The number of halogens is 1. The van der Waals surface area contributed by atoms with Crippen molar-refractivity contribution < 1.29 is 9.18 Å². The highest BCUT2D eigenvalue weighted by molar-refractivity contribution is 5.79. The molecule has 132 valence electrons. The lowest BCUT2D eigenvalue weighted by molar-refractivity contribution is -0.135. The van der Waals surface area contributed by atoms with Gasteiger partial charge in [-0.15, -0.1) is 0 Å². The Morgan fingerprint density at radius 2 is 1.88 bits per heavy atom. The molecule has 0 aliphatic carbocycles. The van der Waals surface area contributed by atoms with Gasteiger partial charge in [-0.2, -0.15) is 0 Å². The number of rotatable bonds is 5. The van der Waals surface area contributed by atoms with Crippen molar-refractivity contribution in [3.05, 3.63) is 66.0 Å². The molecular weight excluding hydrogens is 315 g/mol. The molecule has 0 aromatic heterocycles. The van der Waals surface area contributed by atoms with Crippen molar-refractivity contribution in [3.63, 3.8) is 0 Å². The van der Waals surface area contributed by atoms with Gasteiger partial charge in [0.2, 0.25) is 5.91 Å². The first-order chi connectivity index (χ1) is 12.1. The maximum absolute atomic E-state index is 13.3. The highest BCUT2D eigenvalue weighted by Crippen LogP contribution is 2.19. The SMILES string of the molecule is CC(Cc1cccc(F)c1)C(=O)N1CCC(Nc2ccccc2)CC1. The van der Waals surface area contributed by atoms with Crippen LogP contribution in [-0.4, -0.2) is 29.9 Å². The van der Waals surface area contributed by atoms with Gasteiger partial charge in [0.05, 0.1) is 0 Å². The van der Waals surface area contributed by atoms with Crippen molar-refractivity contribution in [1.82, 2.24) is 4.90 Å². The average molecular weight is 340 g/mol. The van der Waals surface area contributed by atoms with E-state index < -0.39 is 0 Å². The molecule has 1 unspecified atom stereocenters. The van der Waals surface area contributed by atoms with E-state index in [1.807, 2.05) is 36.1 Å². The number of anilines is 1. The van der Waals surface area contributed by atoms with E-state index in [0.717, 1.165) is 37.2 Å². The fraction of sp³-hybridized carbons (Fsp3) is 0.381. The molecule has 0 saturated carbocycles. The summed E-state index contributed by atoms with van der Waals surface area (Å²) in [5, 5.41) is 3.54. The molecule has 1 amide bonds. The van der Waals surface area contributed by atoms with Crippen molar-refractivity contribution in [1.29, 1.82) is 0 Å². The van der Waals surface area contributed by atoms with Gasteiger partial charge in [0, 0.05) is 30.7 Å². The molecule has 1 atom stereocenters. The average Bonchev–Trinajstić information content (AvgIpc) is 2.62. The van der Waals surface area contributed by atoms with E-state index in [-0.39, 0.29) is 17.6 Å². The van der Waals surface area contributed by atoms with E-state index in [1.54, 1.807) is 6.07 Å². The number of piperidine rings is 1. The molecule has 1 N–H and O–H groups in total. The fourth-order valence-electron chi connectivity index (χ4n) is 3.43. The third-order valence-corrected chi connectivity index (χ3v) is 4.80. The summed E-state index contributed by atoms with van der Waals surface area (Å²) in [6, 6.07) is 17.1. The zero-order valence-corrected chi connectivity index (χ0v) is 14.6. The third-order valence-electron chi connectivity index (χ3n) is 4.80. The third kappa shape index (κ3) is 4.81. The van der Waals surface area contributed by atoms with Crippen LogP contribution in [0.1, 0.15) is 25.3 Å². The summed E-state index contributed by atoms with van der Waals surface area (Å²) >= 11 is 0. The smallest absolute Gasteiger partial charge is 0.225 e. The summed E-state index contributed by atoms with van der Waals surface area (Å²) in [5.74, 6) is -0.201. The minimum absolute atomic E-state index is 0.125. The topological polar surface area (TPSA) is 32.3 Å². The van der Waals surface area contributed by atoms with Crippen molar-refractivity contribution in [2.45, 2.75) is 32.2 Å².